The van der Waals surface area contributed by atoms with Crippen molar-refractivity contribution in [3.05, 3.63) is 23.4 Å². The highest BCUT2D eigenvalue weighted by atomic mass is 16.5. The number of nitrogens with zero attached hydrogens (tertiary/aromatic N) is 2. The number of nitriles is 1. The van der Waals surface area contributed by atoms with Gasteiger partial charge < -0.3 is 15.4 Å². The maximum atomic E-state index is 8.82. The molecule has 0 spiro atoms. The van der Waals surface area contributed by atoms with E-state index in [2.05, 4.69) is 21.7 Å². The zero-order chi connectivity index (χ0) is 12.5. The molecule has 2 N–H and O–H groups in total. The fourth-order valence-electron chi connectivity index (χ4n) is 1.40. The molecule has 0 radical (unpaired) electrons. The molecule has 1 heterocycles. The summed E-state index contributed by atoms with van der Waals surface area (Å²) in [6.45, 7) is 5.03. The van der Waals surface area contributed by atoms with Gasteiger partial charge in [-0.2, -0.15) is 5.26 Å². The van der Waals surface area contributed by atoms with E-state index in [0.29, 0.717) is 12.2 Å². The first-order chi connectivity index (χ1) is 8.26. The van der Waals surface area contributed by atoms with Gasteiger partial charge in [-0.15, -0.1) is 0 Å². The lowest BCUT2D eigenvalue weighted by atomic mass is 10.2. The van der Waals surface area contributed by atoms with Crippen LogP contribution in [-0.2, 0) is 4.74 Å². The Balaban J connectivity index is 2.32. The van der Waals surface area contributed by atoms with Crippen LogP contribution in [0.4, 0.5) is 5.82 Å². The highest BCUT2D eigenvalue weighted by Crippen LogP contribution is 2.08. The molecule has 5 heteroatoms. The summed E-state index contributed by atoms with van der Waals surface area (Å²) in [4.78, 5) is 4.30. The van der Waals surface area contributed by atoms with Gasteiger partial charge in [0.1, 0.15) is 5.82 Å². The first kappa shape index (κ1) is 13.4. The van der Waals surface area contributed by atoms with Crippen molar-refractivity contribution in [3.63, 3.8) is 0 Å². The Morgan fingerprint density at radius 2 is 2.18 bits per heavy atom. The lowest BCUT2D eigenvalue weighted by Gasteiger charge is -2.07. The van der Waals surface area contributed by atoms with Gasteiger partial charge in [0, 0.05) is 32.4 Å². The lowest BCUT2D eigenvalue weighted by Crippen LogP contribution is -2.25. The Kier molecular flexibility index (Phi) is 6.00. The highest BCUT2D eigenvalue weighted by molar-refractivity contribution is 5.44. The minimum atomic E-state index is 0.632. The van der Waals surface area contributed by atoms with E-state index < -0.39 is 0 Å². The molecule has 0 saturated heterocycles. The highest BCUT2D eigenvalue weighted by Gasteiger charge is 1.98. The van der Waals surface area contributed by atoms with E-state index in [9.17, 15) is 0 Å². The molecule has 17 heavy (non-hydrogen) atoms. The Bertz CT molecular complexity index is 387. The number of pyridine rings is 1. The van der Waals surface area contributed by atoms with Crippen LogP contribution in [0, 0.1) is 18.3 Å². The molecule has 0 aliphatic heterocycles. The van der Waals surface area contributed by atoms with Gasteiger partial charge >= 0.3 is 0 Å². The summed E-state index contributed by atoms with van der Waals surface area (Å²) >= 11 is 0. The number of aromatic nitrogens is 1. The second kappa shape index (κ2) is 7.60. The van der Waals surface area contributed by atoms with E-state index in [0.717, 1.165) is 31.1 Å². The maximum Gasteiger partial charge on any atom is 0.127 e. The van der Waals surface area contributed by atoms with Gasteiger partial charge in [0.2, 0.25) is 0 Å². The Morgan fingerprint density at radius 1 is 1.35 bits per heavy atom. The van der Waals surface area contributed by atoms with Crippen LogP contribution in [0.5, 0.6) is 0 Å². The average molecular weight is 234 g/mol. The summed E-state index contributed by atoms with van der Waals surface area (Å²) in [5.74, 6) is 0.745. The number of ether oxygens (including phenoxy) is 1. The second-order valence-electron chi connectivity index (χ2n) is 3.66. The maximum absolute atomic E-state index is 8.82. The number of nitrogens with one attached hydrogen (secondary N) is 2. The van der Waals surface area contributed by atoms with Crippen molar-refractivity contribution in [3.8, 4) is 6.07 Å². The van der Waals surface area contributed by atoms with E-state index in [-0.39, 0.29) is 0 Å². The molecule has 1 rings (SSSR count). The van der Waals surface area contributed by atoms with Gasteiger partial charge in [0.05, 0.1) is 18.2 Å². The molecule has 92 valence electrons. The van der Waals surface area contributed by atoms with Crippen LogP contribution < -0.4 is 10.6 Å². The normalized spacial score (nSPS) is 9.94. The molecular weight excluding hydrogens is 216 g/mol. The van der Waals surface area contributed by atoms with Gasteiger partial charge in [-0.3, -0.25) is 0 Å². The van der Waals surface area contributed by atoms with Crippen LogP contribution in [0.3, 0.4) is 0 Å². The molecule has 0 bridgehead atoms. The summed E-state index contributed by atoms with van der Waals surface area (Å²) in [6, 6.07) is 5.63. The Hall–Kier alpha value is -1.64. The minimum Gasteiger partial charge on any atom is -0.383 e. The molecule has 5 nitrogen and oxygen atoms in total. The van der Waals surface area contributed by atoms with Gasteiger partial charge in [-0.1, -0.05) is 0 Å². The van der Waals surface area contributed by atoms with Crippen LogP contribution in [0.25, 0.3) is 0 Å². The Morgan fingerprint density at radius 3 is 2.88 bits per heavy atom. The van der Waals surface area contributed by atoms with Crippen molar-refractivity contribution in [2.45, 2.75) is 6.92 Å². The monoisotopic (exact) mass is 234 g/mol. The SMILES string of the molecule is COCCNCCNc1cc(C#N)cc(C)n1. The zero-order valence-electron chi connectivity index (χ0n) is 10.3. The summed E-state index contributed by atoms with van der Waals surface area (Å²) in [5, 5.41) is 15.2. The van der Waals surface area contributed by atoms with Crippen LogP contribution in [-0.4, -0.2) is 38.3 Å². The lowest BCUT2D eigenvalue weighted by molar-refractivity contribution is 0.200. The van der Waals surface area contributed by atoms with Crippen molar-refractivity contribution >= 4 is 5.82 Å². The third-order valence-electron chi connectivity index (χ3n) is 2.17. The largest absolute Gasteiger partial charge is 0.383 e. The molecule has 0 fully saturated rings. The molecule has 0 amide bonds. The van der Waals surface area contributed by atoms with Crippen LogP contribution in [0.15, 0.2) is 12.1 Å². The number of aryl methyl sites for hydroxylation is 1. The molecule has 0 aliphatic rings. The third-order valence-corrected chi connectivity index (χ3v) is 2.17. The molecule has 1 aromatic heterocycles. The van der Waals surface area contributed by atoms with Gasteiger partial charge in [-0.05, 0) is 19.1 Å². The van der Waals surface area contributed by atoms with E-state index in [1.54, 1.807) is 19.2 Å². The first-order valence-electron chi connectivity index (χ1n) is 5.58. The van der Waals surface area contributed by atoms with Crippen molar-refractivity contribution in [2.24, 2.45) is 0 Å². The standard InChI is InChI=1S/C12H18N4O/c1-10-7-11(9-13)8-12(16-10)15-4-3-14-5-6-17-2/h7-8,14H,3-6H2,1-2H3,(H,15,16). The average Bonchev–Trinajstić information content (AvgIpc) is 2.33. The van der Waals surface area contributed by atoms with Gasteiger partial charge in [0.15, 0.2) is 0 Å². The van der Waals surface area contributed by atoms with Crippen LogP contribution >= 0.6 is 0 Å². The third kappa shape index (κ3) is 5.29. The first-order valence-corrected chi connectivity index (χ1v) is 5.58. The van der Waals surface area contributed by atoms with Crippen molar-refractivity contribution in [1.29, 1.82) is 5.26 Å². The second-order valence-corrected chi connectivity index (χ2v) is 3.66. The molecule has 0 atom stereocenters. The predicted octanol–water partition coefficient (Wildman–Crippen LogP) is 0.910. The number of hydrogen-bond donors (Lipinski definition) is 2. The number of methoxy groups -OCH3 is 1. The van der Waals surface area contributed by atoms with Gasteiger partial charge in [0.25, 0.3) is 0 Å². The molecule has 0 aliphatic carbocycles. The molecule has 0 aromatic carbocycles. The van der Waals surface area contributed by atoms with Crippen molar-refractivity contribution in [2.75, 3.05) is 38.7 Å². The zero-order valence-corrected chi connectivity index (χ0v) is 10.3. The van der Waals surface area contributed by atoms with Crippen LogP contribution in [0.1, 0.15) is 11.3 Å². The van der Waals surface area contributed by atoms with Crippen LogP contribution in [0.2, 0.25) is 0 Å². The van der Waals surface area contributed by atoms with Crippen molar-refractivity contribution in [1.82, 2.24) is 10.3 Å². The van der Waals surface area contributed by atoms with E-state index in [1.807, 2.05) is 6.92 Å². The van der Waals surface area contributed by atoms with Gasteiger partial charge in [-0.25, -0.2) is 4.98 Å². The smallest absolute Gasteiger partial charge is 0.127 e. The Labute approximate surface area is 102 Å². The fraction of sp³-hybridized carbons (Fsp3) is 0.500. The van der Waals surface area contributed by atoms with E-state index in [4.69, 9.17) is 10.00 Å². The van der Waals surface area contributed by atoms with Crippen molar-refractivity contribution < 1.29 is 4.74 Å². The quantitative estimate of drug-likeness (QED) is 0.686. The summed E-state index contributed by atoms with van der Waals surface area (Å²) in [7, 11) is 1.68. The number of hydrogen-bond acceptors (Lipinski definition) is 5. The van der Waals surface area contributed by atoms with E-state index >= 15 is 0 Å². The number of anilines is 1. The summed E-state index contributed by atoms with van der Waals surface area (Å²) < 4.78 is 4.92. The molecule has 1 aromatic rings. The molecule has 0 saturated carbocycles. The topological polar surface area (TPSA) is 70.0 Å². The fourth-order valence-corrected chi connectivity index (χ4v) is 1.40. The minimum absolute atomic E-state index is 0.632. The molecule has 0 unspecified atom stereocenters. The predicted molar refractivity (Wildman–Crippen MR) is 66.9 cm³/mol. The summed E-state index contributed by atoms with van der Waals surface area (Å²) in [5.41, 5.74) is 1.48. The summed E-state index contributed by atoms with van der Waals surface area (Å²) in [6.07, 6.45) is 0. The number of rotatable bonds is 7. The van der Waals surface area contributed by atoms with E-state index in [1.165, 1.54) is 0 Å². The molecular formula is C12H18N4O.